The van der Waals surface area contributed by atoms with Crippen molar-refractivity contribution < 1.29 is 17.9 Å². The minimum atomic E-state index is -3.51. The molecule has 1 fully saturated rings. The van der Waals surface area contributed by atoms with E-state index in [0.717, 1.165) is 38.3 Å². The molecule has 0 atom stereocenters. The lowest BCUT2D eigenvalue weighted by molar-refractivity contribution is 0.262. The highest BCUT2D eigenvalue weighted by atomic mass is 32.2. The Balaban J connectivity index is 1.42. The average molecular weight is 434 g/mol. The molecule has 0 saturated carbocycles. The van der Waals surface area contributed by atoms with Crippen molar-refractivity contribution in [2.45, 2.75) is 18.2 Å². The number of hydrogen-bond acceptors (Lipinski definition) is 6. The molecular weight excluding hydrogens is 402 g/mol. The molecule has 0 bridgehead atoms. The van der Waals surface area contributed by atoms with Gasteiger partial charge in [0.05, 0.1) is 18.6 Å². The number of hydrogen-bond donors (Lipinski definition) is 1. The van der Waals surface area contributed by atoms with Crippen LogP contribution in [-0.2, 0) is 10.0 Å². The van der Waals surface area contributed by atoms with E-state index in [2.05, 4.69) is 26.7 Å². The molecule has 1 N–H and O–H groups in total. The Morgan fingerprint density at radius 3 is 2.17 bits per heavy atom. The van der Waals surface area contributed by atoms with Crippen molar-refractivity contribution in [3.63, 3.8) is 0 Å². The van der Waals surface area contributed by atoms with Gasteiger partial charge in [0, 0.05) is 45.0 Å². The van der Waals surface area contributed by atoms with Crippen LogP contribution >= 0.6 is 0 Å². The van der Waals surface area contributed by atoms with Crippen LogP contribution < -0.4 is 19.1 Å². The Bertz CT molecular complexity index is 878. The Labute approximate surface area is 179 Å². The molecule has 2 aromatic rings. The molecule has 1 heterocycles. The smallest absolute Gasteiger partial charge is 0.240 e. The van der Waals surface area contributed by atoms with Crippen molar-refractivity contribution in [1.82, 2.24) is 9.62 Å². The summed E-state index contributed by atoms with van der Waals surface area (Å²) in [5.41, 5.74) is 1.18. The fourth-order valence-electron chi connectivity index (χ4n) is 3.38. The molecular formula is C22H31N3O4S. The Morgan fingerprint density at radius 2 is 1.57 bits per heavy atom. The molecule has 0 aliphatic carbocycles. The second-order valence-electron chi connectivity index (χ2n) is 7.24. The third-order valence-corrected chi connectivity index (χ3v) is 6.61. The molecule has 0 spiro atoms. The number of nitrogens with zero attached hydrogens (tertiary/aromatic N) is 2. The highest BCUT2D eigenvalue weighted by Crippen LogP contribution is 2.20. The maximum Gasteiger partial charge on any atom is 0.240 e. The molecule has 0 aromatic heterocycles. The van der Waals surface area contributed by atoms with Crippen LogP contribution in [0.15, 0.2) is 53.4 Å². The quantitative estimate of drug-likeness (QED) is 0.621. The number of methoxy groups -OCH3 is 1. The molecule has 8 heteroatoms. The summed E-state index contributed by atoms with van der Waals surface area (Å²) in [6.07, 6.45) is 0.913. The topological polar surface area (TPSA) is 71.1 Å². The normalized spacial score (nSPS) is 15.2. The van der Waals surface area contributed by atoms with Crippen LogP contribution in [-0.4, -0.2) is 66.3 Å². The number of nitrogens with one attached hydrogen (secondary N) is 1. The molecule has 164 valence electrons. The minimum Gasteiger partial charge on any atom is -0.497 e. The monoisotopic (exact) mass is 433 g/mol. The molecule has 0 amide bonds. The van der Waals surface area contributed by atoms with Gasteiger partial charge in [-0.05, 0) is 55.0 Å². The zero-order chi connectivity index (χ0) is 21.4. The van der Waals surface area contributed by atoms with Crippen molar-refractivity contribution in [2.75, 3.05) is 57.9 Å². The van der Waals surface area contributed by atoms with Crippen LogP contribution in [0.25, 0.3) is 0 Å². The van der Waals surface area contributed by atoms with Gasteiger partial charge in [-0.15, -0.1) is 0 Å². The lowest BCUT2D eigenvalue weighted by Gasteiger charge is -2.36. The summed E-state index contributed by atoms with van der Waals surface area (Å²) < 4.78 is 38.4. The second kappa shape index (κ2) is 10.7. The number of piperazine rings is 1. The maximum absolute atomic E-state index is 12.5. The highest BCUT2D eigenvalue weighted by Gasteiger charge is 2.19. The third kappa shape index (κ3) is 6.10. The fourth-order valence-corrected chi connectivity index (χ4v) is 4.40. The molecule has 1 saturated heterocycles. The molecule has 2 aromatic carbocycles. The molecule has 30 heavy (non-hydrogen) atoms. The van der Waals surface area contributed by atoms with Crippen molar-refractivity contribution >= 4 is 15.7 Å². The standard InChI is InChI=1S/C22H31N3O4S/c1-3-18-29-21-8-10-22(11-9-21)30(26,27)23-12-13-24-14-16-25(17-15-24)19-4-6-20(28-2)7-5-19/h4-11,23H,3,12-18H2,1-2H3. The first-order valence-corrected chi connectivity index (χ1v) is 11.8. The van der Waals surface area contributed by atoms with Gasteiger partial charge < -0.3 is 14.4 Å². The van der Waals surface area contributed by atoms with E-state index in [-0.39, 0.29) is 4.90 Å². The number of ether oxygens (including phenoxy) is 2. The van der Waals surface area contributed by atoms with Crippen molar-refractivity contribution in [2.24, 2.45) is 0 Å². The molecule has 0 unspecified atom stereocenters. The zero-order valence-electron chi connectivity index (χ0n) is 17.7. The number of rotatable bonds is 10. The fraction of sp³-hybridized carbons (Fsp3) is 0.455. The Morgan fingerprint density at radius 1 is 0.933 bits per heavy atom. The summed E-state index contributed by atoms with van der Waals surface area (Å²) in [6.45, 7) is 7.36. The van der Waals surface area contributed by atoms with E-state index in [9.17, 15) is 8.42 Å². The van der Waals surface area contributed by atoms with Gasteiger partial charge in [0.1, 0.15) is 11.5 Å². The predicted molar refractivity (Wildman–Crippen MR) is 119 cm³/mol. The van der Waals surface area contributed by atoms with Crippen LogP contribution in [0.5, 0.6) is 11.5 Å². The van der Waals surface area contributed by atoms with E-state index < -0.39 is 10.0 Å². The van der Waals surface area contributed by atoms with Gasteiger partial charge in [-0.2, -0.15) is 0 Å². The van der Waals surface area contributed by atoms with Gasteiger partial charge in [0.2, 0.25) is 10.0 Å². The highest BCUT2D eigenvalue weighted by molar-refractivity contribution is 7.89. The van der Waals surface area contributed by atoms with E-state index in [1.807, 2.05) is 19.1 Å². The lowest BCUT2D eigenvalue weighted by Crippen LogP contribution is -2.48. The third-order valence-electron chi connectivity index (χ3n) is 5.14. The van der Waals surface area contributed by atoms with Gasteiger partial charge in [-0.3, -0.25) is 4.90 Å². The van der Waals surface area contributed by atoms with Gasteiger partial charge >= 0.3 is 0 Å². The van der Waals surface area contributed by atoms with Crippen LogP contribution in [0.3, 0.4) is 0 Å². The zero-order valence-corrected chi connectivity index (χ0v) is 18.5. The van der Waals surface area contributed by atoms with E-state index >= 15 is 0 Å². The average Bonchev–Trinajstić information content (AvgIpc) is 2.78. The SMILES string of the molecule is CCCOc1ccc(S(=O)(=O)NCCN2CCN(c3ccc(OC)cc3)CC2)cc1. The van der Waals surface area contributed by atoms with E-state index in [4.69, 9.17) is 9.47 Å². The van der Waals surface area contributed by atoms with Gasteiger partial charge in [-0.1, -0.05) is 6.92 Å². The van der Waals surface area contributed by atoms with Crippen LogP contribution in [0, 0.1) is 0 Å². The summed E-state index contributed by atoms with van der Waals surface area (Å²) in [4.78, 5) is 4.88. The summed E-state index contributed by atoms with van der Waals surface area (Å²) in [6, 6.07) is 14.6. The van der Waals surface area contributed by atoms with E-state index in [0.29, 0.717) is 25.4 Å². The number of sulfonamides is 1. The van der Waals surface area contributed by atoms with Crippen molar-refractivity contribution in [3.05, 3.63) is 48.5 Å². The van der Waals surface area contributed by atoms with E-state index in [1.54, 1.807) is 31.4 Å². The Kier molecular flexibility index (Phi) is 7.95. The van der Waals surface area contributed by atoms with Crippen molar-refractivity contribution in [1.29, 1.82) is 0 Å². The molecule has 1 aliphatic heterocycles. The predicted octanol–water partition coefficient (Wildman–Crippen LogP) is 2.58. The van der Waals surface area contributed by atoms with Crippen LogP contribution in [0.4, 0.5) is 5.69 Å². The summed E-state index contributed by atoms with van der Waals surface area (Å²) in [5.74, 6) is 1.54. The first kappa shape index (κ1) is 22.4. The van der Waals surface area contributed by atoms with Crippen LogP contribution in [0.1, 0.15) is 13.3 Å². The largest absolute Gasteiger partial charge is 0.497 e. The minimum absolute atomic E-state index is 0.260. The molecule has 3 rings (SSSR count). The first-order chi connectivity index (χ1) is 14.5. The maximum atomic E-state index is 12.5. The molecule has 7 nitrogen and oxygen atoms in total. The molecule has 0 radical (unpaired) electrons. The first-order valence-electron chi connectivity index (χ1n) is 10.4. The second-order valence-corrected chi connectivity index (χ2v) is 9.01. The number of benzene rings is 2. The summed E-state index contributed by atoms with van der Waals surface area (Å²) in [7, 11) is -1.85. The van der Waals surface area contributed by atoms with Crippen molar-refractivity contribution in [3.8, 4) is 11.5 Å². The van der Waals surface area contributed by atoms with Gasteiger partial charge in [0.25, 0.3) is 0 Å². The molecule has 1 aliphatic rings. The Hall–Kier alpha value is -2.29. The number of anilines is 1. The van der Waals surface area contributed by atoms with Gasteiger partial charge in [-0.25, -0.2) is 13.1 Å². The van der Waals surface area contributed by atoms with Crippen LogP contribution in [0.2, 0.25) is 0 Å². The lowest BCUT2D eigenvalue weighted by atomic mass is 10.2. The van der Waals surface area contributed by atoms with E-state index in [1.165, 1.54) is 5.69 Å². The van der Waals surface area contributed by atoms with Gasteiger partial charge in [0.15, 0.2) is 0 Å². The summed E-state index contributed by atoms with van der Waals surface area (Å²) >= 11 is 0. The summed E-state index contributed by atoms with van der Waals surface area (Å²) in [5, 5.41) is 0.